The first kappa shape index (κ1) is 11.9. The Labute approximate surface area is 110 Å². The Kier molecular flexibility index (Phi) is 3.86. The van der Waals surface area contributed by atoms with Gasteiger partial charge in [-0.25, -0.2) is 0 Å². The van der Waals surface area contributed by atoms with E-state index in [-0.39, 0.29) is 6.61 Å². The van der Waals surface area contributed by atoms with Crippen LogP contribution in [-0.4, -0.2) is 11.7 Å². The van der Waals surface area contributed by atoms with Gasteiger partial charge in [0.1, 0.15) is 0 Å². The van der Waals surface area contributed by atoms with Crippen LogP contribution in [0.1, 0.15) is 29.0 Å². The highest BCUT2D eigenvalue weighted by Crippen LogP contribution is 2.31. The molecule has 1 aliphatic heterocycles. The smallest absolute Gasteiger partial charge is 0.0684 e. The second kappa shape index (κ2) is 5.19. The fraction of sp³-hybridized carbons (Fsp3) is 0.385. The van der Waals surface area contributed by atoms with E-state index >= 15 is 0 Å². The summed E-state index contributed by atoms with van der Waals surface area (Å²) in [6.45, 7) is 5.19. The van der Waals surface area contributed by atoms with Crippen LogP contribution in [0, 0.1) is 0 Å². The van der Waals surface area contributed by atoms with E-state index in [9.17, 15) is 5.11 Å². The van der Waals surface area contributed by atoms with E-state index in [4.69, 9.17) is 0 Å². The SMILES string of the molecule is C=C1NCC[C@@H]1c1ccc(CO)c(CI)c1. The summed E-state index contributed by atoms with van der Waals surface area (Å²) < 4.78 is 0.939. The minimum Gasteiger partial charge on any atom is -0.392 e. The van der Waals surface area contributed by atoms with Crippen molar-refractivity contribution in [2.24, 2.45) is 0 Å². The van der Waals surface area contributed by atoms with Crippen LogP contribution in [0.2, 0.25) is 0 Å². The van der Waals surface area contributed by atoms with E-state index in [2.05, 4.69) is 46.6 Å². The maximum absolute atomic E-state index is 9.22. The molecule has 2 nitrogen and oxygen atoms in total. The van der Waals surface area contributed by atoms with Crippen molar-refractivity contribution in [2.45, 2.75) is 23.4 Å². The van der Waals surface area contributed by atoms with Gasteiger partial charge in [0, 0.05) is 22.6 Å². The third-order valence-electron chi connectivity index (χ3n) is 3.15. The Morgan fingerprint density at radius 1 is 1.44 bits per heavy atom. The van der Waals surface area contributed by atoms with E-state index in [1.54, 1.807) is 0 Å². The molecular formula is C13H16INO. The zero-order chi connectivity index (χ0) is 11.5. The van der Waals surface area contributed by atoms with Crippen molar-refractivity contribution in [3.63, 3.8) is 0 Å². The summed E-state index contributed by atoms with van der Waals surface area (Å²) in [7, 11) is 0. The fourth-order valence-corrected chi connectivity index (χ4v) is 2.89. The molecule has 0 unspecified atom stereocenters. The summed E-state index contributed by atoms with van der Waals surface area (Å²) in [4.78, 5) is 0. The largest absolute Gasteiger partial charge is 0.392 e. The summed E-state index contributed by atoms with van der Waals surface area (Å²) in [6, 6.07) is 6.36. The van der Waals surface area contributed by atoms with Crippen LogP contribution in [0.3, 0.4) is 0 Å². The first-order valence-electron chi connectivity index (χ1n) is 5.47. The lowest BCUT2D eigenvalue weighted by molar-refractivity contribution is 0.281. The molecule has 1 heterocycles. The van der Waals surface area contributed by atoms with Crippen LogP contribution in [0.4, 0.5) is 0 Å². The molecule has 0 saturated carbocycles. The normalized spacial score (nSPS) is 19.9. The first-order valence-corrected chi connectivity index (χ1v) is 7.00. The van der Waals surface area contributed by atoms with E-state index < -0.39 is 0 Å². The predicted molar refractivity (Wildman–Crippen MR) is 74.6 cm³/mol. The number of aliphatic hydroxyl groups excluding tert-OH is 1. The summed E-state index contributed by atoms with van der Waals surface area (Å²) in [6.07, 6.45) is 1.12. The first-order chi connectivity index (χ1) is 7.76. The molecular weight excluding hydrogens is 313 g/mol. The molecule has 0 amide bonds. The highest BCUT2D eigenvalue weighted by atomic mass is 127. The average Bonchev–Trinajstić information content (AvgIpc) is 2.74. The number of alkyl halides is 1. The molecule has 3 heteroatoms. The Bertz CT molecular complexity index is 403. The molecule has 16 heavy (non-hydrogen) atoms. The van der Waals surface area contributed by atoms with Crippen LogP contribution in [0.25, 0.3) is 0 Å². The second-order valence-corrected chi connectivity index (χ2v) is 4.88. The quantitative estimate of drug-likeness (QED) is 0.660. The Balaban J connectivity index is 2.32. The second-order valence-electron chi connectivity index (χ2n) is 4.11. The van der Waals surface area contributed by atoms with Crippen molar-refractivity contribution in [3.05, 3.63) is 47.2 Å². The maximum atomic E-state index is 9.22. The van der Waals surface area contributed by atoms with E-state index in [0.29, 0.717) is 5.92 Å². The standard InChI is InChI=1S/C13H16INO/c1-9-13(4-5-15-9)10-2-3-11(8-16)12(6-10)7-14/h2-3,6,13,15-16H,1,4-5,7-8H2/t13-/m0/s1. The molecule has 2 N–H and O–H groups in total. The van der Waals surface area contributed by atoms with Crippen molar-refractivity contribution in [1.82, 2.24) is 5.32 Å². The minimum atomic E-state index is 0.127. The fourth-order valence-electron chi connectivity index (χ4n) is 2.18. The molecule has 1 saturated heterocycles. The van der Waals surface area contributed by atoms with Crippen LogP contribution in [0.5, 0.6) is 0 Å². The summed E-state index contributed by atoms with van der Waals surface area (Å²) in [5.41, 5.74) is 4.71. The lowest BCUT2D eigenvalue weighted by Crippen LogP contribution is -2.05. The van der Waals surface area contributed by atoms with Crippen molar-refractivity contribution in [2.75, 3.05) is 6.54 Å². The monoisotopic (exact) mass is 329 g/mol. The summed E-state index contributed by atoms with van der Waals surface area (Å²) in [5.74, 6) is 0.439. The third-order valence-corrected chi connectivity index (χ3v) is 3.97. The Hall–Kier alpha value is -0.550. The van der Waals surface area contributed by atoms with E-state index in [1.165, 1.54) is 11.1 Å². The van der Waals surface area contributed by atoms with Gasteiger partial charge in [0.05, 0.1) is 6.61 Å². The van der Waals surface area contributed by atoms with Gasteiger partial charge < -0.3 is 10.4 Å². The van der Waals surface area contributed by atoms with Gasteiger partial charge in [0.15, 0.2) is 0 Å². The zero-order valence-corrected chi connectivity index (χ0v) is 11.3. The van der Waals surface area contributed by atoms with Crippen LogP contribution in [-0.2, 0) is 11.0 Å². The predicted octanol–water partition coefficient (Wildman–Crippen LogP) is 2.70. The van der Waals surface area contributed by atoms with Gasteiger partial charge in [-0.2, -0.15) is 0 Å². The number of hydrogen-bond donors (Lipinski definition) is 2. The summed E-state index contributed by atoms with van der Waals surface area (Å²) >= 11 is 2.34. The zero-order valence-electron chi connectivity index (χ0n) is 9.17. The maximum Gasteiger partial charge on any atom is 0.0684 e. The molecule has 0 radical (unpaired) electrons. The van der Waals surface area contributed by atoms with E-state index in [0.717, 1.165) is 28.7 Å². The molecule has 0 aromatic heterocycles. The van der Waals surface area contributed by atoms with Crippen LogP contribution in [0.15, 0.2) is 30.5 Å². The third kappa shape index (κ3) is 2.25. The molecule has 1 fully saturated rings. The molecule has 1 aromatic carbocycles. The Morgan fingerprint density at radius 2 is 2.25 bits per heavy atom. The van der Waals surface area contributed by atoms with Crippen LogP contribution < -0.4 is 5.32 Å². The van der Waals surface area contributed by atoms with Gasteiger partial charge >= 0.3 is 0 Å². The van der Waals surface area contributed by atoms with E-state index in [1.807, 2.05) is 6.07 Å². The van der Waals surface area contributed by atoms with Gasteiger partial charge in [-0.05, 0) is 23.1 Å². The van der Waals surface area contributed by atoms with Gasteiger partial charge in [-0.3, -0.25) is 0 Å². The van der Waals surface area contributed by atoms with Crippen LogP contribution >= 0.6 is 22.6 Å². The van der Waals surface area contributed by atoms with Crippen molar-refractivity contribution < 1.29 is 5.11 Å². The topological polar surface area (TPSA) is 32.3 Å². The highest BCUT2D eigenvalue weighted by molar-refractivity contribution is 14.1. The number of rotatable bonds is 3. The van der Waals surface area contributed by atoms with Crippen molar-refractivity contribution in [3.8, 4) is 0 Å². The molecule has 2 rings (SSSR count). The summed E-state index contributed by atoms with van der Waals surface area (Å²) in [5, 5.41) is 12.5. The molecule has 0 bridgehead atoms. The molecule has 0 spiro atoms. The highest BCUT2D eigenvalue weighted by Gasteiger charge is 2.21. The van der Waals surface area contributed by atoms with Gasteiger partial charge in [0.25, 0.3) is 0 Å². The minimum absolute atomic E-state index is 0.127. The lowest BCUT2D eigenvalue weighted by atomic mass is 9.93. The van der Waals surface area contributed by atoms with Gasteiger partial charge in [0.2, 0.25) is 0 Å². The molecule has 1 atom stereocenters. The number of halogens is 1. The number of hydrogen-bond acceptors (Lipinski definition) is 2. The lowest BCUT2D eigenvalue weighted by Gasteiger charge is -2.13. The van der Waals surface area contributed by atoms with Crippen molar-refractivity contribution >= 4 is 22.6 Å². The number of benzene rings is 1. The molecule has 0 aliphatic carbocycles. The number of aliphatic hydroxyl groups is 1. The molecule has 1 aromatic rings. The number of nitrogens with one attached hydrogen (secondary N) is 1. The molecule has 86 valence electrons. The van der Waals surface area contributed by atoms with Gasteiger partial charge in [-0.1, -0.05) is 47.4 Å². The Morgan fingerprint density at radius 3 is 2.81 bits per heavy atom. The molecule has 1 aliphatic rings. The average molecular weight is 329 g/mol. The van der Waals surface area contributed by atoms with Gasteiger partial charge in [-0.15, -0.1) is 0 Å². The van der Waals surface area contributed by atoms with Crippen molar-refractivity contribution in [1.29, 1.82) is 0 Å². The number of allylic oxidation sites excluding steroid dienone is 1.